The van der Waals surface area contributed by atoms with Gasteiger partial charge in [0, 0.05) is 0 Å². The highest BCUT2D eigenvalue weighted by molar-refractivity contribution is 5.85. The van der Waals surface area contributed by atoms with Crippen LogP contribution >= 0.6 is 12.4 Å². The Balaban J connectivity index is 0. The standard InChI is InChI=1S/C10H16N2.CH4.ClH/c11-7-5-9-1-2-10(4-3-9)6-8-12;;/h1-4H,5-8,11-12H2;1H4;1H. The van der Waals surface area contributed by atoms with Gasteiger partial charge in [0.2, 0.25) is 0 Å². The van der Waals surface area contributed by atoms with Gasteiger partial charge in [-0.05, 0) is 37.1 Å². The van der Waals surface area contributed by atoms with Crippen LogP contribution in [0.15, 0.2) is 24.3 Å². The molecule has 1 aromatic rings. The maximum atomic E-state index is 5.44. The van der Waals surface area contributed by atoms with E-state index in [1.165, 1.54) is 11.1 Å². The second kappa shape index (κ2) is 9.00. The molecule has 0 radical (unpaired) electrons. The van der Waals surface area contributed by atoms with E-state index >= 15 is 0 Å². The molecule has 0 fully saturated rings. The summed E-state index contributed by atoms with van der Waals surface area (Å²) in [5.41, 5.74) is 13.5. The van der Waals surface area contributed by atoms with Crippen molar-refractivity contribution < 1.29 is 0 Å². The molecular weight excluding hydrogens is 196 g/mol. The summed E-state index contributed by atoms with van der Waals surface area (Å²) in [5, 5.41) is 0. The molecule has 0 atom stereocenters. The monoisotopic (exact) mass is 216 g/mol. The van der Waals surface area contributed by atoms with E-state index < -0.39 is 0 Å². The third kappa shape index (κ3) is 5.22. The minimum atomic E-state index is 0. The van der Waals surface area contributed by atoms with Gasteiger partial charge < -0.3 is 11.5 Å². The van der Waals surface area contributed by atoms with Crippen LogP contribution in [-0.4, -0.2) is 13.1 Å². The Bertz CT molecular complexity index is 196. The van der Waals surface area contributed by atoms with Crippen molar-refractivity contribution in [1.82, 2.24) is 0 Å². The van der Waals surface area contributed by atoms with Crippen LogP contribution < -0.4 is 11.5 Å². The number of rotatable bonds is 4. The SMILES string of the molecule is C.Cl.NCCc1ccc(CCN)cc1. The summed E-state index contributed by atoms with van der Waals surface area (Å²) in [4.78, 5) is 0. The Kier molecular flexibility index (Phi) is 10.2. The van der Waals surface area contributed by atoms with Crippen LogP contribution in [0.2, 0.25) is 0 Å². The lowest BCUT2D eigenvalue weighted by Gasteiger charge is -2.01. The van der Waals surface area contributed by atoms with Crippen LogP contribution in [0.1, 0.15) is 18.6 Å². The quantitative estimate of drug-likeness (QED) is 0.806. The number of hydrogen-bond donors (Lipinski definition) is 2. The van der Waals surface area contributed by atoms with Gasteiger partial charge in [-0.2, -0.15) is 0 Å². The van der Waals surface area contributed by atoms with Gasteiger partial charge in [-0.25, -0.2) is 0 Å². The summed E-state index contributed by atoms with van der Waals surface area (Å²) in [6.45, 7) is 1.44. The predicted molar refractivity (Wildman–Crippen MR) is 65.9 cm³/mol. The Labute approximate surface area is 93.1 Å². The molecule has 0 aromatic heterocycles. The summed E-state index contributed by atoms with van der Waals surface area (Å²) in [7, 11) is 0. The first-order valence-electron chi connectivity index (χ1n) is 4.34. The molecule has 0 unspecified atom stereocenters. The first-order valence-corrected chi connectivity index (χ1v) is 4.34. The third-order valence-corrected chi connectivity index (χ3v) is 1.89. The van der Waals surface area contributed by atoms with Crippen molar-refractivity contribution in [2.24, 2.45) is 11.5 Å². The van der Waals surface area contributed by atoms with Crippen molar-refractivity contribution in [3.05, 3.63) is 35.4 Å². The summed E-state index contributed by atoms with van der Waals surface area (Å²) in [6.07, 6.45) is 1.92. The van der Waals surface area contributed by atoms with Gasteiger partial charge in [0.15, 0.2) is 0 Å². The molecule has 14 heavy (non-hydrogen) atoms. The lowest BCUT2D eigenvalue weighted by atomic mass is 10.1. The Morgan fingerprint density at radius 1 is 0.786 bits per heavy atom. The molecule has 1 rings (SSSR count). The Hall–Kier alpha value is -0.570. The summed E-state index contributed by atoms with van der Waals surface area (Å²) < 4.78 is 0. The molecule has 0 amide bonds. The zero-order chi connectivity index (χ0) is 8.81. The van der Waals surface area contributed by atoms with E-state index in [9.17, 15) is 0 Å². The van der Waals surface area contributed by atoms with E-state index in [4.69, 9.17) is 11.5 Å². The minimum absolute atomic E-state index is 0. The number of nitrogens with two attached hydrogens (primary N) is 2. The highest BCUT2D eigenvalue weighted by atomic mass is 35.5. The first kappa shape index (κ1) is 15.9. The Morgan fingerprint density at radius 3 is 1.29 bits per heavy atom. The normalized spacial score (nSPS) is 8.71. The summed E-state index contributed by atoms with van der Waals surface area (Å²) in [6, 6.07) is 8.49. The van der Waals surface area contributed by atoms with Crippen LogP contribution in [0.3, 0.4) is 0 Å². The van der Waals surface area contributed by atoms with E-state index in [2.05, 4.69) is 24.3 Å². The van der Waals surface area contributed by atoms with Gasteiger partial charge in [-0.1, -0.05) is 31.7 Å². The van der Waals surface area contributed by atoms with Crippen LogP contribution in [0, 0.1) is 0 Å². The molecule has 82 valence electrons. The lowest BCUT2D eigenvalue weighted by molar-refractivity contribution is 0.949. The van der Waals surface area contributed by atoms with Crippen molar-refractivity contribution in [3.63, 3.8) is 0 Å². The van der Waals surface area contributed by atoms with Crippen molar-refractivity contribution in [2.75, 3.05) is 13.1 Å². The molecule has 0 spiro atoms. The lowest BCUT2D eigenvalue weighted by Crippen LogP contribution is -2.04. The van der Waals surface area contributed by atoms with Gasteiger partial charge in [0.1, 0.15) is 0 Å². The second-order valence-corrected chi connectivity index (χ2v) is 2.89. The van der Waals surface area contributed by atoms with Gasteiger partial charge >= 0.3 is 0 Å². The fourth-order valence-corrected chi connectivity index (χ4v) is 1.21. The average molecular weight is 217 g/mol. The first-order chi connectivity index (χ1) is 5.86. The van der Waals surface area contributed by atoms with Crippen LogP contribution in [0.4, 0.5) is 0 Å². The van der Waals surface area contributed by atoms with E-state index in [-0.39, 0.29) is 19.8 Å². The van der Waals surface area contributed by atoms with Crippen molar-refractivity contribution in [2.45, 2.75) is 20.3 Å². The highest BCUT2D eigenvalue weighted by Crippen LogP contribution is 2.04. The van der Waals surface area contributed by atoms with Crippen LogP contribution in [-0.2, 0) is 12.8 Å². The molecular formula is C11H21ClN2. The van der Waals surface area contributed by atoms with Crippen molar-refractivity contribution in [3.8, 4) is 0 Å². The fraction of sp³-hybridized carbons (Fsp3) is 0.455. The molecule has 0 saturated carbocycles. The molecule has 0 aliphatic heterocycles. The molecule has 4 N–H and O–H groups in total. The highest BCUT2D eigenvalue weighted by Gasteiger charge is 1.92. The number of benzene rings is 1. The summed E-state index contributed by atoms with van der Waals surface area (Å²) in [5.74, 6) is 0. The predicted octanol–water partition coefficient (Wildman–Crippen LogP) is 1.75. The largest absolute Gasteiger partial charge is 0.330 e. The molecule has 1 aromatic carbocycles. The minimum Gasteiger partial charge on any atom is -0.330 e. The third-order valence-electron chi connectivity index (χ3n) is 1.89. The molecule has 0 bridgehead atoms. The number of halogens is 1. The van der Waals surface area contributed by atoms with E-state index in [1.807, 2.05) is 0 Å². The topological polar surface area (TPSA) is 52.0 Å². The molecule has 0 heterocycles. The van der Waals surface area contributed by atoms with Crippen molar-refractivity contribution >= 4 is 12.4 Å². The summed E-state index contributed by atoms with van der Waals surface area (Å²) >= 11 is 0. The van der Waals surface area contributed by atoms with Gasteiger partial charge in [0.05, 0.1) is 0 Å². The molecule has 0 aliphatic carbocycles. The molecule has 2 nitrogen and oxygen atoms in total. The van der Waals surface area contributed by atoms with Gasteiger partial charge in [-0.15, -0.1) is 12.4 Å². The fourth-order valence-electron chi connectivity index (χ4n) is 1.21. The zero-order valence-electron chi connectivity index (χ0n) is 7.70. The zero-order valence-corrected chi connectivity index (χ0v) is 8.52. The van der Waals surface area contributed by atoms with E-state index in [1.54, 1.807) is 0 Å². The van der Waals surface area contributed by atoms with Gasteiger partial charge in [0.25, 0.3) is 0 Å². The van der Waals surface area contributed by atoms with Crippen LogP contribution in [0.25, 0.3) is 0 Å². The maximum absolute atomic E-state index is 5.44. The molecule has 0 aliphatic rings. The van der Waals surface area contributed by atoms with Crippen LogP contribution in [0.5, 0.6) is 0 Å². The van der Waals surface area contributed by atoms with Crippen molar-refractivity contribution in [1.29, 1.82) is 0 Å². The van der Waals surface area contributed by atoms with Gasteiger partial charge in [-0.3, -0.25) is 0 Å². The van der Waals surface area contributed by atoms with E-state index in [0.717, 1.165) is 25.9 Å². The maximum Gasteiger partial charge on any atom is -0.00367 e. The number of hydrogen-bond acceptors (Lipinski definition) is 2. The Morgan fingerprint density at radius 2 is 1.07 bits per heavy atom. The second-order valence-electron chi connectivity index (χ2n) is 2.89. The smallest absolute Gasteiger partial charge is 0.00367 e. The molecule has 0 saturated heterocycles. The average Bonchev–Trinajstić information content (AvgIpc) is 2.09. The molecule has 3 heteroatoms. The van der Waals surface area contributed by atoms with E-state index in [0.29, 0.717) is 0 Å².